The van der Waals surface area contributed by atoms with Gasteiger partial charge in [-0.25, -0.2) is 4.99 Å². The van der Waals surface area contributed by atoms with Crippen LogP contribution in [-0.4, -0.2) is 17.0 Å². The predicted octanol–water partition coefficient (Wildman–Crippen LogP) is 4.19. The molecule has 0 atom stereocenters. The Hall–Kier alpha value is -2.57. The summed E-state index contributed by atoms with van der Waals surface area (Å²) in [6.07, 6.45) is 1.79. The minimum absolute atomic E-state index is 0.130. The standard InChI is InChI=1S/C18H14ClN3O2S/c1-11(23)20-14-6-8-15(9-7-14)21-18-22-17(24)16(25-18)10-12-2-4-13(19)5-3-12/h2-10H,1H3,(H,20,23)(H,21,22,24)/b16-10-. The van der Waals surface area contributed by atoms with Crippen LogP contribution < -0.4 is 10.6 Å². The molecule has 2 N–H and O–H groups in total. The smallest absolute Gasteiger partial charge is 0.264 e. The highest BCUT2D eigenvalue weighted by Crippen LogP contribution is 2.28. The molecule has 2 aromatic rings. The molecule has 7 heteroatoms. The van der Waals surface area contributed by atoms with Crippen LogP contribution in [0.4, 0.5) is 11.4 Å². The molecule has 1 heterocycles. The van der Waals surface area contributed by atoms with Gasteiger partial charge >= 0.3 is 0 Å². The molecule has 1 aliphatic rings. The average Bonchev–Trinajstić information content (AvgIpc) is 2.90. The van der Waals surface area contributed by atoms with Gasteiger partial charge in [-0.3, -0.25) is 9.59 Å². The molecule has 0 saturated carbocycles. The van der Waals surface area contributed by atoms with E-state index in [2.05, 4.69) is 15.6 Å². The van der Waals surface area contributed by atoms with Crippen LogP contribution in [0.25, 0.3) is 6.08 Å². The number of halogens is 1. The minimum Gasteiger partial charge on any atom is -0.326 e. The monoisotopic (exact) mass is 371 g/mol. The number of rotatable bonds is 3. The van der Waals surface area contributed by atoms with Crippen LogP contribution in [0.2, 0.25) is 5.02 Å². The van der Waals surface area contributed by atoms with Gasteiger partial charge in [0.25, 0.3) is 5.91 Å². The first-order valence-electron chi connectivity index (χ1n) is 7.42. The number of aliphatic imine (C=N–C) groups is 1. The van der Waals surface area contributed by atoms with Crippen LogP contribution in [0.15, 0.2) is 58.4 Å². The van der Waals surface area contributed by atoms with Crippen molar-refractivity contribution in [2.24, 2.45) is 4.99 Å². The van der Waals surface area contributed by atoms with Crippen LogP contribution in [0.1, 0.15) is 12.5 Å². The van der Waals surface area contributed by atoms with E-state index in [4.69, 9.17) is 11.6 Å². The molecule has 0 bridgehead atoms. The van der Waals surface area contributed by atoms with Crippen molar-refractivity contribution in [3.63, 3.8) is 0 Å². The van der Waals surface area contributed by atoms with Crippen molar-refractivity contribution in [2.75, 3.05) is 5.32 Å². The zero-order valence-corrected chi connectivity index (χ0v) is 14.8. The van der Waals surface area contributed by atoms with Gasteiger partial charge in [0.2, 0.25) is 5.91 Å². The minimum atomic E-state index is -0.187. The van der Waals surface area contributed by atoms with Gasteiger partial charge in [0.1, 0.15) is 0 Å². The number of amidine groups is 1. The fraction of sp³-hybridized carbons (Fsp3) is 0.0556. The van der Waals surface area contributed by atoms with Crippen molar-refractivity contribution < 1.29 is 9.59 Å². The Morgan fingerprint density at radius 1 is 1.16 bits per heavy atom. The number of hydrogen-bond acceptors (Lipinski definition) is 4. The van der Waals surface area contributed by atoms with Gasteiger partial charge in [0, 0.05) is 17.6 Å². The highest BCUT2D eigenvalue weighted by Gasteiger charge is 2.23. The third kappa shape index (κ3) is 4.71. The zero-order chi connectivity index (χ0) is 17.8. The fourth-order valence-corrected chi connectivity index (χ4v) is 3.10. The lowest BCUT2D eigenvalue weighted by molar-refractivity contribution is -0.115. The van der Waals surface area contributed by atoms with Crippen LogP contribution in [0, 0.1) is 0 Å². The Morgan fingerprint density at radius 3 is 2.48 bits per heavy atom. The molecule has 1 saturated heterocycles. The second-order valence-corrected chi connectivity index (χ2v) is 6.73. The molecule has 25 heavy (non-hydrogen) atoms. The number of amides is 2. The largest absolute Gasteiger partial charge is 0.326 e. The van der Waals surface area contributed by atoms with Crippen molar-refractivity contribution in [3.05, 3.63) is 64.0 Å². The maximum atomic E-state index is 12.1. The Morgan fingerprint density at radius 2 is 1.84 bits per heavy atom. The summed E-state index contributed by atoms with van der Waals surface area (Å²) in [5.41, 5.74) is 2.27. The first-order valence-corrected chi connectivity index (χ1v) is 8.62. The second kappa shape index (κ2) is 7.55. The van der Waals surface area contributed by atoms with Gasteiger partial charge in [-0.2, -0.15) is 0 Å². The summed E-state index contributed by atoms with van der Waals surface area (Å²) in [6, 6.07) is 14.3. The molecule has 3 rings (SSSR count). The van der Waals surface area contributed by atoms with Crippen LogP contribution in [0.5, 0.6) is 0 Å². The molecule has 2 aromatic carbocycles. The quantitative estimate of drug-likeness (QED) is 0.795. The van der Waals surface area contributed by atoms with Crippen molar-refractivity contribution in [2.45, 2.75) is 6.92 Å². The molecule has 5 nitrogen and oxygen atoms in total. The maximum absolute atomic E-state index is 12.1. The van der Waals surface area contributed by atoms with E-state index in [9.17, 15) is 9.59 Å². The fourth-order valence-electron chi connectivity index (χ4n) is 2.13. The molecule has 0 unspecified atom stereocenters. The molecule has 0 aromatic heterocycles. The molecule has 1 aliphatic heterocycles. The van der Waals surface area contributed by atoms with E-state index in [1.807, 2.05) is 12.1 Å². The first kappa shape index (κ1) is 17.3. The summed E-state index contributed by atoms with van der Waals surface area (Å²) in [6.45, 7) is 1.45. The summed E-state index contributed by atoms with van der Waals surface area (Å²) in [5, 5.41) is 6.59. The Labute approximate surface area is 154 Å². The van der Waals surface area contributed by atoms with E-state index >= 15 is 0 Å². The Bertz CT molecular complexity index is 874. The van der Waals surface area contributed by atoms with Crippen molar-refractivity contribution in [3.8, 4) is 0 Å². The number of nitrogens with one attached hydrogen (secondary N) is 2. The Balaban J connectivity index is 1.74. The van der Waals surface area contributed by atoms with Crippen LogP contribution >= 0.6 is 23.4 Å². The van der Waals surface area contributed by atoms with E-state index in [-0.39, 0.29) is 11.8 Å². The summed E-state index contributed by atoms with van der Waals surface area (Å²) in [4.78, 5) is 28.1. The van der Waals surface area contributed by atoms with Gasteiger partial charge in [0.15, 0.2) is 5.17 Å². The lowest BCUT2D eigenvalue weighted by atomic mass is 10.2. The van der Waals surface area contributed by atoms with Gasteiger partial charge in [-0.15, -0.1) is 0 Å². The van der Waals surface area contributed by atoms with E-state index < -0.39 is 0 Å². The van der Waals surface area contributed by atoms with E-state index in [1.54, 1.807) is 42.5 Å². The van der Waals surface area contributed by atoms with E-state index in [0.717, 1.165) is 5.56 Å². The van der Waals surface area contributed by atoms with Gasteiger partial charge < -0.3 is 10.6 Å². The van der Waals surface area contributed by atoms with Gasteiger partial charge in [0.05, 0.1) is 10.6 Å². The molecule has 0 spiro atoms. The van der Waals surface area contributed by atoms with E-state index in [0.29, 0.717) is 26.5 Å². The molecule has 0 radical (unpaired) electrons. The normalized spacial score (nSPS) is 17.0. The lowest BCUT2D eigenvalue weighted by Gasteiger charge is -2.02. The number of carbonyl (C=O) groups excluding carboxylic acids is 2. The van der Waals surface area contributed by atoms with Gasteiger partial charge in [-0.1, -0.05) is 23.7 Å². The lowest BCUT2D eigenvalue weighted by Crippen LogP contribution is -2.19. The summed E-state index contributed by atoms with van der Waals surface area (Å²) >= 11 is 7.14. The van der Waals surface area contributed by atoms with E-state index in [1.165, 1.54) is 18.7 Å². The first-order chi connectivity index (χ1) is 12.0. The Kier molecular flexibility index (Phi) is 5.21. The molecule has 0 aliphatic carbocycles. The van der Waals surface area contributed by atoms with Crippen LogP contribution in [-0.2, 0) is 9.59 Å². The second-order valence-electron chi connectivity index (χ2n) is 5.26. The molecule has 2 amide bonds. The third-order valence-electron chi connectivity index (χ3n) is 3.24. The van der Waals surface area contributed by atoms with Crippen molar-refractivity contribution >= 4 is 57.8 Å². The zero-order valence-electron chi connectivity index (χ0n) is 13.2. The number of hydrogen-bond donors (Lipinski definition) is 2. The summed E-state index contributed by atoms with van der Waals surface area (Å²) in [5.74, 6) is -0.316. The number of anilines is 1. The number of thioether (sulfide) groups is 1. The average molecular weight is 372 g/mol. The van der Waals surface area contributed by atoms with Crippen molar-refractivity contribution in [1.82, 2.24) is 5.32 Å². The SMILES string of the molecule is CC(=O)Nc1ccc(N=C2NC(=O)/C(=C/c3ccc(Cl)cc3)S2)cc1. The predicted molar refractivity (Wildman–Crippen MR) is 103 cm³/mol. The van der Waals surface area contributed by atoms with Crippen molar-refractivity contribution in [1.29, 1.82) is 0 Å². The summed E-state index contributed by atoms with van der Waals surface area (Å²) in [7, 11) is 0. The summed E-state index contributed by atoms with van der Waals surface area (Å²) < 4.78 is 0. The highest BCUT2D eigenvalue weighted by molar-refractivity contribution is 8.18. The number of benzene rings is 2. The van der Waals surface area contributed by atoms with Crippen LogP contribution in [0.3, 0.4) is 0 Å². The van der Waals surface area contributed by atoms with Gasteiger partial charge in [-0.05, 0) is 59.8 Å². The third-order valence-corrected chi connectivity index (χ3v) is 4.40. The molecule has 1 fully saturated rings. The highest BCUT2D eigenvalue weighted by atomic mass is 35.5. The molecule has 126 valence electrons. The molecular weight excluding hydrogens is 358 g/mol. The topological polar surface area (TPSA) is 70.6 Å². The maximum Gasteiger partial charge on any atom is 0.264 e. The molecular formula is C18H14ClN3O2S. The number of carbonyl (C=O) groups is 2. The number of nitrogens with zero attached hydrogens (tertiary/aromatic N) is 1.